The van der Waals surface area contributed by atoms with E-state index in [-0.39, 0.29) is 11.3 Å². The summed E-state index contributed by atoms with van der Waals surface area (Å²) in [7, 11) is 1.58. The van der Waals surface area contributed by atoms with Crippen LogP contribution >= 0.6 is 0 Å². The molecule has 0 unspecified atom stereocenters. The first kappa shape index (κ1) is 23.8. The Morgan fingerprint density at radius 2 is 1.65 bits per heavy atom. The minimum Gasteiger partial charge on any atom is -0.507 e. The third-order valence-electron chi connectivity index (χ3n) is 6.17. The van der Waals surface area contributed by atoms with E-state index < -0.39 is 17.7 Å². The summed E-state index contributed by atoms with van der Waals surface area (Å²) >= 11 is 0. The monoisotopic (exact) mass is 466 g/mol. The van der Waals surface area contributed by atoms with Gasteiger partial charge in [0.2, 0.25) is 0 Å². The molecule has 8 heteroatoms. The number of carbonyl (C=O) groups excluding carboxylic acids is 2. The fraction of sp³-hybridized carbons (Fsp3) is 0.385. The topological polar surface area (TPSA) is 88.5 Å². The molecule has 2 aromatic carbocycles. The molecule has 2 aliphatic heterocycles. The van der Waals surface area contributed by atoms with Crippen LogP contribution in [0.1, 0.15) is 24.1 Å². The van der Waals surface area contributed by atoms with Crippen LogP contribution < -0.4 is 9.47 Å². The number of amides is 1. The SMILES string of the molecule is CCOc1ccc(C(O)=C2C(=O)C(=O)N(CCN3CCOCC3)[C@@H]2c2ccc(OC)cc2)cc1. The number of morpholine rings is 1. The van der Waals surface area contributed by atoms with Gasteiger partial charge in [0.1, 0.15) is 17.3 Å². The van der Waals surface area contributed by atoms with Crippen LogP contribution in [0.2, 0.25) is 0 Å². The molecule has 2 aliphatic rings. The number of nitrogens with zero attached hydrogens (tertiary/aromatic N) is 2. The average molecular weight is 467 g/mol. The van der Waals surface area contributed by atoms with Gasteiger partial charge in [-0.2, -0.15) is 0 Å². The molecule has 180 valence electrons. The van der Waals surface area contributed by atoms with Crippen LogP contribution in [0.25, 0.3) is 5.76 Å². The van der Waals surface area contributed by atoms with Gasteiger partial charge in [0.25, 0.3) is 11.7 Å². The number of benzene rings is 2. The molecule has 0 aliphatic carbocycles. The summed E-state index contributed by atoms with van der Waals surface area (Å²) in [6.45, 7) is 6.26. The molecule has 0 aromatic heterocycles. The van der Waals surface area contributed by atoms with Crippen molar-refractivity contribution in [2.45, 2.75) is 13.0 Å². The van der Waals surface area contributed by atoms with Crippen LogP contribution in [0.15, 0.2) is 54.1 Å². The van der Waals surface area contributed by atoms with Gasteiger partial charge in [0, 0.05) is 31.7 Å². The molecule has 1 amide bonds. The molecule has 8 nitrogen and oxygen atoms in total. The zero-order chi connectivity index (χ0) is 24.1. The fourth-order valence-corrected chi connectivity index (χ4v) is 4.35. The number of rotatable bonds is 8. The van der Waals surface area contributed by atoms with Crippen LogP contribution in [0.3, 0.4) is 0 Å². The predicted molar refractivity (Wildman–Crippen MR) is 127 cm³/mol. The number of ketones is 1. The Balaban J connectivity index is 1.70. The number of Topliss-reactive ketones (excluding diaryl/α,β-unsaturated/α-hetero) is 1. The predicted octanol–water partition coefficient (Wildman–Crippen LogP) is 2.85. The van der Waals surface area contributed by atoms with Crippen molar-refractivity contribution in [1.82, 2.24) is 9.80 Å². The van der Waals surface area contributed by atoms with E-state index >= 15 is 0 Å². The van der Waals surface area contributed by atoms with Crippen LogP contribution in [0, 0.1) is 0 Å². The summed E-state index contributed by atoms with van der Waals surface area (Å²) in [5.74, 6) is -0.163. The zero-order valence-electron chi connectivity index (χ0n) is 19.5. The van der Waals surface area contributed by atoms with Crippen molar-refractivity contribution >= 4 is 17.4 Å². The highest BCUT2D eigenvalue weighted by atomic mass is 16.5. The lowest BCUT2D eigenvalue weighted by molar-refractivity contribution is -0.140. The highest BCUT2D eigenvalue weighted by molar-refractivity contribution is 6.46. The third-order valence-corrected chi connectivity index (χ3v) is 6.17. The molecule has 1 N–H and O–H groups in total. The van der Waals surface area contributed by atoms with Gasteiger partial charge in [0.05, 0.1) is 38.5 Å². The summed E-state index contributed by atoms with van der Waals surface area (Å²) in [6.07, 6.45) is 0. The number of methoxy groups -OCH3 is 1. The van der Waals surface area contributed by atoms with Crippen molar-refractivity contribution in [2.75, 3.05) is 53.1 Å². The number of hydrogen-bond donors (Lipinski definition) is 1. The van der Waals surface area contributed by atoms with Gasteiger partial charge in [-0.05, 0) is 48.9 Å². The Morgan fingerprint density at radius 3 is 2.26 bits per heavy atom. The number of carbonyl (C=O) groups is 2. The van der Waals surface area contributed by atoms with Crippen molar-refractivity contribution in [3.8, 4) is 11.5 Å². The number of hydrogen-bond acceptors (Lipinski definition) is 7. The van der Waals surface area contributed by atoms with Gasteiger partial charge in [-0.1, -0.05) is 12.1 Å². The molecule has 2 saturated heterocycles. The summed E-state index contributed by atoms with van der Waals surface area (Å²) in [6, 6.07) is 13.4. The van der Waals surface area contributed by atoms with E-state index in [0.717, 1.165) is 18.7 Å². The largest absolute Gasteiger partial charge is 0.507 e. The maximum absolute atomic E-state index is 13.2. The molecule has 2 heterocycles. The van der Waals surface area contributed by atoms with Crippen LogP contribution in [0.5, 0.6) is 11.5 Å². The molecular formula is C26H30N2O6. The fourth-order valence-electron chi connectivity index (χ4n) is 4.35. The number of aliphatic hydroxyl groups excluding tert-OH is 1. The van der Waals surface area contributed by atoms with E-state index in [0.29, 0.717) is 50.0 Å². The smallest absolute Gasteiger partial charge is 0.295 e. The summed E-state index contributed by atoms with van der Waals surface area (Å²) in [4.78, 5) is 30.0. The van der Waals surface area contributed by atoms with Crippen molar-refractivity contribution in [1.29, 1.82) is 0 Å². The Morgan fingerprint density at radius 1 is 1.00 bits per heavy atom. The van der Waals surface area contributed by atoms with Crippen LogP contribution in [-0.2, 0) is 14.3 Å². The van der Waals surface area contributed by atoms with E-state index in [4.69, 9.17) is 14.2 Å². The molecule has 2 fully saturated rings. The lowest BCUT2D eigenvalue weighted by atomic mass is 9.95. The van der Waals surface area contributed by atoms with Gasteiger partial charge in [-0.15, -0.1) is 0 Å². The quantitative estimate of drug-likeness (QED) is 0.364. The van der Waals surface area contributed by atoms with Gasteiger partial charge < -0.3 is 24.2 Å². The maximum Gasteiger partial charge on any atom is 0.295 e. The lowest BCUT2D eigenvalue weighted by Crippen LogP contribution is -2.42. The first-order chi connectivity index (χ1) is 16.5. The van der Waals surface area contributed by atoms with Crippen molar-refractivity contribution in [3.63, 3.8) is 0 Å². The zero-order valence-corrected chi connectivity index (χ0v) is 19.5. The molecule has 2 aromatic rings. The second-order valence-corrected chi connectivity index (χ2v) is 8.18. The van der Waals surface area contributed by atoms with Gasteiger partial charge >= 0.3 is 0 Å². The Hall–Kier alpha value is -3.36. The third kappa shape index (κ3) is 4.93. The summed E-state index contributed by atoms with van der Waals surface area (Å²) in [5, 5.41) is 11.2. The molecule has 0 saturated carbocycles. The van der Waals surface area contributed by atoms with Gasteiger partial charge in [-0.3, -0.25) is 14.5 Å². The molecule has 4 rings (SSSR count). The van der Waals surface area contributed by atoms with Crippen molar-refractivity contribution in [3.05, 3.63) is 65.2 Å². The molecular weight excluding hydrogens is 436 g/mol. The van der Waals surface area contributed by atoms with Gasteiger partial charge in [-0.25, -0.2) is 0 Å². The van der Waals surface area contributed by atoms with Gasteiger partial charge in [0.15, 0.2) is 0 Å². The molecule has 0 spiro atoms. The molecule has 34 heavy (non-hydrogen) atoms. The average Bonchev–Trinajstić information content (AvgIpc) is 3.13. The summed E-state index contributed by atoms with van der Waals surface area (Å²) in [5.41, 5.74) is 1.27. The second kappa shape index (κ2) is 10.7. The van der Waals surface area contributed by atoms with Crippen molar-refractivity contribution < 1.29 is 28.9 Å². The van der Waals surface area contributed by atoms with E-state index in [1.165, 1.54) is 0 Å². The number of ether oxygens (including phenoxy) is 3. The Bertz CT molecular complexity index is 1040. The highest BCUT2D eigenvalue weighted by Crippen LogP contribution is 2.39. The maximum atomic E-state index is 13.2. The highest BCUT2D eigenvalue weighted by Gasteiger charge is 2.46. The Kier molecular flexibility index (Phi) is 7.49. The summed E-state index contributed by atoms with van der Waals surface area (Å²) < 4.78 is 16.1. The van der Waals surface area contributed by atoms with E-state index in [2.05, 4.69) is 4.90 Å². The van der Waals surface area contributed by atoms with Crippen LogP contribution in [-0.4, -0.2) is 79.7 Å². The molecule has 1 atom stereocenters. The van der Waals surface area contributed by atoms with Crippen molar-refractivity contribution in [2.24, 2.45) is 0 Å². The minimum atomic E-state index is -0.696. The lowest BCUT2D eigenvalue weighted by Gasteiger charge is -2.31. The molecule has 0 bridgehead atoms. The Labute approximate surface area is 199 Å². The normalized spacial score (nSPS) is 20.5. The van der Waals surface area contributed by atoms with E-state index in [9.17, 15) is 14.7 Å². The van der Waals surface area contributed by atoms with Crippen LogP contribution in [0.4, 0.5) is 0 Å². The molecule has 0 radical (unpaired) electrons. The van der Waals surface area contributed by atoms with E-state index in [1.807, 2.05) is 19.1 Å². The first-order valence-corrected chi connectivity index (χ1v) is 11.5. The van der Waals surface area contributed by atoms with E-state index in [1.54, 1.807) is 48.4 Å². The first-order valence-electron chi connectivity index (χ1n) is 11.5. The number of likely N-dealkylation sites (tertiary alicyclic amines) is 1. The minimum absolute atomic E-state index is 0.0845. The number of aliphatic hydroxyl groups is 1. The second-order valence-electron chi connectivity index (χ2n) is 8.18. The standard InChI is InChI=1S/C26H30N2O6/c1-3-34-21-10-6-19(7-11-21)24(29)22-23(18-4-8-20(32-2)9-5-18)28(26(31)25(22)30)13-12-27-14-16-33-17-15-27/h4-11,23,29H,3,12-17H2,1-2H3/t23-/m1/s1.